The van der Waals surface area contributed by atoms with Crippen molar-refractivity contribution in [2.75, 3.05) is 5.75 Å². The monoisotopic (exact) mass is 368 g/mol. The Bertz CT molecular complexity index is 526. The van der Waals surface area contributed by atoms with E-state index in [1.165, 1.54) is 4.68 Å². The Hall–Kier alpha value is -0.120. The van der Waals surface area contributed by atoms with Crippen LogP contribution < -0.4 is 4.72 Å². The molecular weight excluding hydrogens is 352 g/mol. The van der Waals surface area contributed by atoms with E-state index in [2.05, 4.69) is 37.9 Å². The summed E-state index contributed by atoms with van der Waals surface area (Å²) in [6, 6.07) is -0.00301. The average molecular weight is 369 g/mol. The summed E-state index contributed by atoms with van der Waals surface area (Å²) in [5, 5.41) is 7.87. The van der Waals surface area contributed by atoms with Crippen molar-refractivity contribution < 1.29 is 8.42 Å². The van der Waals surface area contributed by atoms with Gasteiger partial charge in [0, 0.05) is 18.3 Å². The van der Waals surface area contributed by atoms with Crippen LogP contribution in [0, 0.1) is 0 Å². The number of halogens is 1. The van der Waals surface area contributed by atoms with Gasteiger partial charge in [0.2, 0.25) is 5.03 Å². The predicted octanol–water partition coefficient (Wildman–Crippen LogP) is 1.53. The zero-order valence-electron chi connectivity index (χ0n) is 10.8. The second-order valence-electron chi connectivity index (χ2n) is 4.46. The molecule has 1 saturated carbocycles. The maximum atomic E-state index is 12.4. The first-order chi connectivity index (χ1) is 8.95. The second-order valence-corrected chi connectivity index (χ2v) is 8.36. The molecule has 0 saturated heterocycles. The summed E-state index contributed by atoms with van der Waals surface area (Å²) in [5.74, 6) is 1.000. The summed E-state index contributed by atoms with van der Waals surface area (Å²) in [5.41, 5.74) is 0. The molecule has 9 heteroatoms. The van der Waals surface area contributed by atoms with Crippen LogP contribution in [0.5, 0.6) is 0 Å². The molecule has 0 aromatic carbocycles. The van der Waals surface area contributed by atoms with Crippen molar-refractivity contribution in [3.8, 4) is 0 Å². The summed E-state index contributed by atoms with van der Waals surface area (Å²) in [4.78, 5) is 0. The molecule has 0 radical (unpaired) electrons. The van der Waals surface area contributed by atoms with Crippen molar-refractivity contribution in [2.24, 2.45) is 7.05 Å². The van der Waals surface area contributed by atoms with Crippen LogP contribution >= 0.6 is 27.7 Å². The van der Waals surface area contributed by atoms with E-state index >= 15 is 0 Å². The highest BCUT2D eigenvalue weighted by atomic mass is 79.9. The number of nitrogens with zero attached hydrogens (tertiary/aromatic N) is 3. The van der Waals surface area contributed by atoms with Crippen molar-refractivity contribution in [3.63, 3.8) is 0 Å². The van der Waals surface area contributed by atoms with Crippen LogP contribution in [0.1, 0.15) is 26.2 Å². The largest absolute Gasteiger partial charge is 0.260 e. The fourth-order valence-corrected chi connectivity index (χ4v) is 6.03. The van der Waals surface area contributed by atoms with E-state index in [9.17, 15) is 8.42 Å². The molecule has 2 atom stereocenters. The lowest BCUT2D eigenvalue weighted by Crippen LogP contribution is -2.39. The predicted molar refractivity (Wildman–Crippen MR) is 78.6 cm³/mol. The SMILES string of the molecule is CCSC1CCCC1NS(=O)(=O)c1c(Br)nnn1C. The highest BCUT2D eigenvalue weighted by Crippen LogP contribution is 2.31. The molecule has 108 valence electrons. The topological polar surface area (TPSA) is 76.9 Å². The highest BCUT2D eigenvalue weighted by molar-refractivity contribution is 9.10. The Morgan fingerprint density at radius 3 is 2.84 bits per heavy atom. The minimum Gasteiger partial charge on any atom is -0.235 e. The lowest BCUT2D eigenvalue weighted by molar-refractivity contribution is 0.538. The molecule has 1 N–H and O–H groups in total. The molecule has 1 aliphatic rings. The van der Waals surface area contributed by atoms with Crippen molar-refractivity contribution in [3.05, 3.63) is 4.60 Å². The number of hydrogen-bond donors (Lipinski definition) is 1. The molecule has 1 aliphatic carbocycles. The van der Waals surface area contributed by atoms with Crippen LogP contribution in [0.25, 0.3) is 0 Å². The van der Waals surface area contributed by atoms with E-state index in [1.807, 2.05) is 11.8 Å². The fourth-order valence-electron chi connectivity index (χ4n) is 2.34. The quantitative estimate of drug-likeness (QED) is 0.852. The van der Waals surface area contributed by atoms with Gasteiger partial charge in [0.25, 0.3) is 10.0 Å². The molecule has 0 aliphatic heterocycles. The number of thioether (sulfide) groups is 1. The summed E-state index contributed by atoms with van der Waals surface area (Å²) < 4.78 is 29.1. The second kappa shape index (κ2) is 6.11. The first-order valence-electron chi connectivity index (χ1n) is 6.14. The average Bonchev–Trinajstić information content (AvgIpc) is 2.87. The minimum absolute atomic E-state index is 0.00301. The Morgan fingerprint density at radius 1 is 1.53 bits per heavy atom. The van der Waals surface area contributed by atoms with Crippen molar-refractivity contribution in [1.29, 1.82) is 0 Å². The van der Waals surface area contributed by atoms with Gasteiger partial charge in [-0.3, -0.25) is 0 Å². The Morgan fingerprint density at radius 2 is 2.26 bits per heavy atom. The summed E-state index contributed by atoms with van der Waals surface area (Å²) >= 11 is 4.95. The summed E-state index contributed by atoms with van der Waals surface area (Å²) in [6.45, 7) is 2.09. The van der Waals surface area contributed by atoms with E-state index in [0.717, 1.165) is 25.0 Å². The van der Waals surface area contributed by atoms with Crippen LogP contribution in [0.2, 0.25) is 0 Å². The van der Waals surface area contributed by atoms with E-state index in [1.54, 1.807) is 7.05 Å². The van der Waals surface area contributed by atoms with Gasteiger partial charge in [-0.05, 0) is 34.5 Å². The van der Waals surface area contributed by atoms with Crippen molar-refractivity contribution >= 4 is 37.7 Å². The lowest BCUT2D eigenvalue weighted by Gasteiger charge is -2.19. The molecule has 1 heterocycles. The normalized spacial score (nSPS) is 23.9. The van der Waals surface area contributed by atoms with Gasteiger partial charge in [-0.2, -0.15) is 11.8 Å². The molecule has 0 bridgehead atoms. The number of nitrogens with one attached hydrogen (secondary N) is 1. The Balaban J connectivity index is 2.18. The fraction of sp³-hybridized carbons (Fsp3) is 0.800. The first-order valence-corrected chi connectivity index (χ1v) is 9.47. The van der Waals surface area contributed by atoms with Crippen LogP contribution in [0.3, 0.4) is 0 Å². The third kappa shape index (κ3) is 3.32. The Kier molecular flexibility index (Phi) is 4.91. The number of rotatable bonds is 5. The van der Waals surface area contributed by atoms with E-state index < -0.39 is 10.0 Å². The molecule has 6 nitrogen and oxygen atoms in total. The number of aromatic nitrogens is 3. The molecule has 2 unspecified atom stereocenters. The zero-order valence-corrected chi connectivity index (χ0v) is 14.1. The zero-order chi connectivity index (χ0) is 14.0. The van der Waals surface area contributed by atoms with Gasteiger partial charge in [-0.15, -0.1) is 5.10 Å². The molecule has 19 heavy (non-hydrogen) atoms. The van der Waals surface area contributed by atoms with Crippen molar-refractivity contribution in [2.45, 2.75) is 42.5 Å². The Labute approximate surface area is 125 Å². The van der Waals surface area contributed by atoms with Gasteiger partial charge in [0.15, 0.2) is 4.60 Å². The van der Waals surface area contributed by atoms with Gasteiger partial charge in [0.05, 0.1) is 0 Å². The third-order valence-electron chi connectivity index (χ3n) is 3.13. The lowest BCUT2D eigenvalue weighted by atomic mass is 10.3. The summed E-state index contributed by atoms with van der Waals surface area (Å²) in [6.07, 6.45) is 3.02. The molecule has 1 aromatic heterocycles. The van der Waals surface area contributed by atoms with Gasteiger partial charge < -0.3 is 0 Å². The minimum atomic E-state index is -3.59. The van der Waals surface area contributed by atoms with E-state index in [4.69, 9.17) is 0 Å². The first kappa shape index (κ1) is 15.3. The van der Waals surface area contributed by atoms with Crippen molar-refractivity contribution in [1.82, 2.24) is 19.7 Å². The number of hydrogen-bond acceptors (Lipinski definition) is 5. The smallest absolute Gasteiger partial charge is 0.235 e. The van der Waals surface area contributed by atoms with Gasteiger partial charge in [0.1, 0.15) is 0 Å². The van der Waals surface area contributed by atoms with Crippen LogP contribution in [0.4, 0.5) is 0 Å². The maximum Gasteiger partial charge on any atom is 0.260 e. The van der Waals surface area contributed by atoms with Crippen LogP contribution in [0.15, 0.2) is 9.63 Å². The number of sulfonamides is 1. The maximum absolute atomic E-state index is 12.4. The third-order valence-corrected chi connectivity index (χ3v) is 6.83. The van der Waals surface area contributed by atoms with Crippen LogP contribution in [-0.2, 0) is 17.1 Å². The number of aryl methyl sites for hydroxylation is 1. The van der Waals surface area contributed by atoms with Gasteiger partial charge in [-0.25, -0.2) is 17.8 Å². The molecule has 1 fully saturated rings. The van der Waals surface area contributed by atoms with E-state index in [0.29, 0.717) is 5.25 Å². The molecule has 2 rings (SSSR count). The molecule has 0 amide bonds. The van der Waals surface area contributed by atoms with Gasteiger partial charge in [-0.1, -0.05) is 18.6 Å². The van der Waals surface area contributed by atoms with E-state index in [-0.39, 0.29) is 15.7 Å². The molecule has 0 spiro atoms. The van der Waals surface area contributed by atoms with Crippen LogP contribution in [-0.4, -0.2) is 40.5 Å². The van der Waals surface area contributed by atoms with Gasteiger partial charge >= 0.3 is 0 Å². The summed E-state index contributed by atoms with van der Waals surface area (Å²) in [7, 11) is -2.02. The standard InChI is InChI=1S/C10H17BrN4O2S2/c1-3-18-8-6-4-5-7(8)13-19(16,17)10-9(11)12-14-15(10)2/h7-8,13H,3-6H2,1-2H3. The molecular formula is C10H17BrN4O2S2. The molecule has 1 aromatic rings. The highest BCUT2D eigenvalue weighted by Gasteiger charge is 2.33.